The quantitative estimate of drug-likeness (QED) is 0.578. The molecule has 29 heavy (non-hydrogen) atoms. The molecule has 10 heteroatoms. The monoisotopic (exact) mass is 446 g/mol. The summed E-state index contributed by atoms with van der Waals surface area (Å²) in [7, 11) is -3.69. The lowest BCUT2D eigenvalue weighted by atomic mass is 10.2. The highest BCUT2D eigenvalue weighted by Gasteiger charge is 2.27. The predicted molar refractivity (Wildman–Crippen MR) is 108 cm³/mol. The summed E-state index contributed by atoms with van der Waals surface area (Å²) in [5.41, 5.74) is 0.435. The molecule has 0 heterocycles. The Morgan fingerprint density at radius 2 is 1.72 bits per heavy atom. The highest BCUT2D eigenvalue weighted by Crippen LogP contribution is 2.32. The zero-order valence-corrected chi connectivity index (χ0v) is 17.4. The van der Waals surface area contributed by atoms with E-state index in [1.807, 2.05) is 6.92 Å². The van der Waals surface area contributed by atoms with Gasteiger partial charge in [0.05, 0.1) is 16.3 Å². The number of anilines is 1. The molecule has 0 spiro atoms. The minimum atomic E-state index is -4.33. The molecule has 2 aromatic rings. The fourth-order valence-corrected chi connectivity index (χ4v) is 4.35. The van der Waals surface area contributed by atoms with Crippen molar-refractivity contribution in [3.05, 3.63) is 54.1 Å². The topological polar surface area (TPSA) is 75.3 Å². The van der Waals surface area contributed by atoms with Crippen LogP contribution in [-0.4, -0.2) is 32.3 Å². The van der Waals surface area contributed by atoms with E-state index in [0.717, 1.165) is 0 Å². The first kappa shape index (κ1) is 23.2. The van der Waals surface area contributed by atoms with Crippen molar-refractivity contribution in [2.24, 2.45) is 0 Å². The van der Waals surface area contributed by atoms with Gasteiger partial charge < -0.3 is 5.32 Å². The van der Waals surface area contributed by atoms with Crippen LogP contribution in [0.4, 0.5) is 18.9 Å². The van der Waals surface area contributed by atoms with E-state index >= 15 is 0 Å². The van der Waals surface area contributed by atoms with Gasteiger partial charge in [-0.2, -0.15) is 13.2 Å². The normalized spacial score (nSPS) is 13.1. The lowest BCUT2D eigenvalue weighted by Gasteiger charge is -2.13. The molecule has 1 atom stereocenters. The highest BCUT2D eigenvalue weighted by atomic mass is 32.2. The van der Waals surface area contributed by atoms with Crippen molar-refractivity contribution >= 4 is 33.4 Å². The van der Waals surface area contributed by atoms with E-state index in [9.17, 15) is 26.4 Å². The minimum Gasteiger partial charge on any atom is -0.321 e. The lowest BCUT2D eigenvalue weighted by Crippen LogP contribution is -2.32. The Morgan fingerprint density at radius 1 is 1.10 bits per heavy atom. The molecule has 0 saturated heterocycles. The molecule has 0 aliphatic heterocycles. The molecule has 0 aromatic heterocycles. The molecule has 2 rings (SSSR count). The summed E-state index contributed by atoms with van der Waals surface area (Å²) >= 11 is 0.577. The van der Waals surface area contributed by atoms with Gasteiger partial charge >= 0.3 is 6.18 Å². The molecule has 0 aliphatic rings. The van der Waals surface area contributed by atoms with E-state index < -0.39 is 27.9 Å². The van der Waals surface area contributed by atoms with Crippen LogP contribution in [0.25, 0.3) is 0 Å². The van der Waals surface area contributed by atoms with Crippen LogP contribution in [0.3, 0.4) is 0 Å². The van der Waals surface area contributed by atoms with Crippen LogP contribution in [0.1, 0.15) is 30.6 Å². The van der Waals surface area contributed by atoms with Gasteiger partial charge in [0.15, 0.2) is 0 Å². The molecule has 1 unspecified atom stereocenters. The molecule has 2 N–H and O–H groups in total. The van der Waals surface area contributed by atoms with Crippen LogP contribution in [0, 0.1) is 0 Å². The third-order valence-electron chi connectivity index (χ3n) is 3.92. The molecule has 5 nitrogen and oxygen atoms in total. The molecule has 0 aliphatic carbocycles. The number of thioether (sulfide) groups is 1. The average molecular weight is 447 g/mol. The summed E-state index contributed by atoms with van der Waals surface area (Å²) < 4.78 is 64.5. The molecule has 1 amide bonds. The second kappa shape index (κ2) is 9.64. The summed E-state index contributed by atoms with van der Waals surface area (Å²) in [5.74, 6) is -1.63. The number of hydrogen-bond acceptors (Lipinski definition) is 4. The van der Waals surface area contributed by atoms with Crippen LogP contribution in [-0.2, 0) is 10.0 Å². The number of para-hydroxylation sites is 1. The fraction of sp³-hybridized carbons (Fsp3) is 0.316. The molecule has 0 fully saturated rings. The number of carbonyl (C=O) groups excluding carboxylic acids is 1. The van der Waals surface area contributed by atoms with Gasteiger partial charge in [0.1, 0.15) is 0 Å². The molecule has 0 radical (unpaired) electrons. The van der Waals surface area contributed by atoms with Gasteiger partial charge in [0.2, 0.25) is 10.0 Å². The number of alkyl halides is 3. The number of hydrogen-bond donors (Lipinski definition) is 2. The van der Waals surface area contributed by atoms with Crippen molar-refractivity contribution in [3.8, 4) is 0 Å². The zero-order valence-electron chi connectivity index (χ0n) is 15.8. The standard InChI is InChI=1S/C19H21F3N2O3S2/c1-3-13(2)24-29(26,27)15-10-8-14(9-11-15)18(25)23-16-6-4-5-7-17(16)28-12-19(20,21)22/h4-11,13,24H,3,12H2,1-2H3,(H,23,25). The van der Waals surface area contributed by atoms with E-state index in [1.165, 1.54) is 36.4 Å². The van der Waals surface area contributed by atoms with Crippen molar-refractivity contribution in [2.45, 2.75) is 42.3 Å². The Bertz CT molecular complexity index is 946. The smallest absolute Gasteiger partial charge is 0.321 e. The predicted octanol–water partition coefficient (Wildman–Crippen LogP) is 4.67. The van der Waals surface area contributed by atoms with Crippen LogP contribution in [0.15, 0.2) is 58.3 Å². The van der Waals surface area contributed by atoms with Gasteiger partial charge in [-0.1, -0.05) is 19.1 Å². The molecule has 158 valence electrons. The number of nitrogens with one attached hydrogen (secondary N) is 2. The second-order valence-electron chi connectivity index (χ2n) is 6.31. The van der Waals surface area contributed by atoms with Gasteiger partial charge in [-0.15, -0.1) is 11.8 Å². The summed E-state index contributed by atoms with van der Waals surface area (Å²) in [6.07, 6.45) is -3.70. The van der Waals surface area contributed by atoms with Crippen molar-refractivity contribution in [3.63, 3.8) is 0 Å². The Morgan fingerprint density at radius 3 is 2.31 bits per heavy atom. The minimum absolute atomic E-state index is 0.0236. The number of benzene rings is 2. The van der Waals surface area contributed by atoms with E-state index in [-0.39, 0.29) is 27.1 Å². The molecule has 0 saturated carbocycles. The first-order chi connectivity index (χ1) is 13.5. The van der Waals surface area contributed by atoms with Crippen molar-refractivity contribution in [1.82, 2.24) is 4.72 Å². The third-order valence-corrected chi connectivity index (χ3v) is 6.67. The Balaban J connectivity index is 2.13. The van der Waals surface area contributed by atoms with Crippen molar-refractivity contribution in [1.29, 1.82) is 0 Å². The summed E-state index contributed by atoms with van der Waals surface area (Å²) in [6, 6.07) is 11.3. The molecule has 0 bridgehead atoms. The number of rotatable bonds is 8. The SMILES string of the molecule is CCC(C)NS(=O)(=O)c1ccc(C(=O)Nc2ccccc2SCC(F)(F)F)cc1. The molecular weight excluding hydrogens is 425 g/mol. The zero-order chi connectivity index (χ0) is 21.7. The Labute approximate surface area is 172 Å². The van der Waals surface area contributed by atoms with E-state index in [0.29, 0.717) is 18.2 Å². The van der Waals surface area contributed by atoms with Gasteiger partial charge in [0, 0.05) is 16.5 Å². The van der Waals surface area contributed by atoms with E-state index in [4.69, 9.17) is 0 Å². The largest absolute Gasteiger partial charge is 0.398 e. The van der Waals surface area contributed by atoms with Crippen molar-refractivity contribution < 1.29 is 26.4 Å². The number of halogens is 3. The first-order valence-corrected chi connectivity index (χ1v) is 11.2. The number of amides is 1. The summed E-state index contributed by atoms with van der Waals surface area (Å²) in [6.45, 7) is 3.60. The molecule has 2 aromatic carbocycles. The van der Waals surface area contributed by atoms with Gasteiger partial charge in [-0.3, -0.25) is 4.79 Å². The van der Waals surface area contributed by atoms with Crippen LogP contribution in [0.5, 0.6) is 0 Å². The van der Waals surface area contributed by atoms with Crippen molar-refractivity contribution in [2.75, 3.05) is 11.1 Å². The maximum Gasteiger partial charge on any atom is 0.398 e. The number of carbonyl (C=O) groups is 1. The summed E-state index contributed by atoms with van der Waals surface area (Å²) in [5, 5.41) is 2.57. The Kier molecular flexibility index (Phi) is 7.73. The van der Waals surface area contributed by atoms with Crippen LogP contribution in [0.2, 0.25) is 0 Å². The maximum atomic E-state index is 12.5. The van der Waals surface area contributed by atoms with Gasteiger partial charge in [-0.05, 0) is 49.7 Å². The molecular formula is C19H21F3N2O3S2. The van der Waals surface area contributed by atoms with Crippen LogP contribution >= 0.6 is 11.8 Å². The van der Waals surface area contributed by atoms with Gasteiger partial charge in [0.25, 0.3) is 5.91 Å². The van der Waals surface area contributed by atoms with E-state index in [2.05, 4.69) is 10.0 Å². The maximum absolute atomic E-state index is 12.5. The lowest BCUT2D eigenvalue weighted by molar-refractivity contribution is -0.105. The summed E-state index contributed by atoms with van der Waals surface area (Å²) in [4.78, 5) is 12.8. The second-order valence-corrected chi connectivity index (χ2v) is 9.04. The van der Waals surface area contributed by atoms with Crippen LogP contribution < -0.4 is 10.0 Å². The first-order valence-electron chi connectivity index (χ1n) is 8.74. The average Bonchev–Trinajstić information content (AvgIpc) is 2.66. The third kappa shape index (κ3) is 7.06. The highest BCUT2D eigenvalue weighted by molar-refractivity contribution is 7.99. The fourth-order valence-electron chi connectivity index (χ4n) is 2.25. The Hall–Kier alpha value is -2.04. The van der Waals surface area contributed by atoms with E-state index in [1.54, 1.807) is 19.1 Å². The number of sulfonamides is 1. The van der Waals surface area contributed by atoms with Gasteiger partial charge in [-0.25, -0.2) is 13.1 Å².